The Morgan fingerprint density at radius 1 is 0.926 bits per heavy atom. The third-order valence-electron chi connectivity index (χ3n) is 4.19. The van der Waals surface area contributed by atoms with E-state index in [1.165, 1.54) is 5.56 Å². The lowest BCUT2D eigenvalue weighted by Gasteiger charge is -2.19. The van der Waals surface area contributed by atoms with E-state index in [9.17, 15) is 4.79 Å². The van der Waals surface area contributed by atoms with Crippen LogP contribution in [0, 0.1) is 0 Å². The highest BCUT2D eigenvalue weighted by Crippen LogP contribution is 2.25. The summed E-state index contributed by atoms with van der Waals surface area (Å²) >= 11 is 0. The second-order valence-electron chi connectivity index (χ2n) is 7.39. The van der Waals surface area contributed by atoms with Crippen molar-refractivity contribution >= 4 is 17.3 Å². The summed E-state index contributed by atoms with van der Waals surface area (Å²) < 4.78 is 0. The number of carbonyl (C=O) groups is 1. The van der Waals surface area contributed by atoms with Crippen molar-refractivity contribution in [2.24, 2.45) is 0 Å². The minimum Gasteiger partial charge on any atom is -0.355 e. The Bertz CT molecular complexity index is 900. The number of amides is 1. The number of pyridine rings is 2. The molecule has 5 nitrogen and oxygen atoms in total. The number of anilines is 2. The van der Waals surface area contributed by atoms with Gasteiger partial charge in [0.1, 0.15) is 5.69 Å². The van der Waals surface area contributed by atoms with Crippen molar-refractivity contribution in [3.8, 4) is 0 Å². The van der Waals surface area contributed by atoms with E-state index in [1.807, 2.05) is 36.4 Å². The fourth-order valence-corrected chi connectivity index (χ4v) is 2.62. The van der Waals surface area contributed by atoms with E-state index in [1.54, 1.807) is 18.5 Å². The van der Waals surface area contributed by atoms with E-state index in [4.69, 9.17) is 0 Å². The number of nitrogens with zero attached hydrogens (tertiary/aromatic N) is 2. The summed E-state index contributed by atoms with van der Waals surface area (Å²) in [4.78, 5) is 20.7. The smallest absolute Gasteiger partial charge is 0.270 e. The van der Waals surface area contributed by atoms with E-state index >= 15 is 0 Å². The maximum absolute atomic E-state index is 12.3. The van der Waals surface area contributed by atoms with Crippen LogP contribution in [0.25, 0.3) is 0 Å². The third kappa shape index (κ3) is 5.14. The number of hydrogen-bond donors (Lipinski definition) is 2. The zero-order chi connectivity index (χ0) is 19.3. The molecule has 2 heterocycles. The fraction of sp³-hybridized carbons (Fsp3) is 0.227. The van der Waals surface area contributed by atoms with Crippen LogP contribution in [0.5, 0.6) is 0 Å². The molecule has 0 saturated heterocycles. The Morgan fingerprint density at radius 2 is 1.70 bits per heavy atom. The topological polar surface area (TPSA) is 66.9 Å². The van der Waals surface area contributed by atoms with E-state index < -0.39 is 0 Å². The zero-order valence-electron chi connectivity index (χ0n) is 15.9. The van der Waals surface area contributed by atoms with Crippen LogP contribution in [0.15, 0.2) is 67.0 Å². The third-order valence-corrected chi connectivity index (χ3v) is 4.19. The van der Waals surface area contributed by atoms with E-state index in [0.29, 0.717) is 12.2 Å². The number of nitrogens with one attached hydrogen (secondary N) is 2. The lowest BCUT2D eigenvalue weighted by atomic mass is 9.87. The molecule has 0 radical (unpaired) electrons. The number of aromatic nitrogens is 2. The van der Waals surface area contributed by atoms with Crippen LogP contribution in [0.3, 0.4) is 0 Å². The van der Waals surface area contributed by atoms with Gasteiger partial charge in [0.25, 0.3) is 5.91 Å². The van der Waals surface area contributed by atoms with Crippen LogP contribution in [0.1, 0.15) is 42.5 Å². The highest BCUT2D eigenvalue weighted by atomic mass is 16.1. The summed E-state index contributed by atoms with van der Waals surface area (Å²) in [5.41, 5.74) is 4.35. The molecule has 0 aliphatic carbocycles. The molecule has 0 spiro atoms. The van der Waals surface area contributed by atoms with Crippen LogP contribution >= 0.6 is 0 Å². The standard InChI is InChI=1S/C22H24N4O/c1-22(2,3)16-7-9-17(10-8-16)26-18-11-13-24-20(14-18)21(27)25-15-19-6-4-5-12-23-19/h4-14H,15H2,1-3H3,(H,24,26)(H,25,27). The summed E-state index contributed by atoms with van der Waals surface area (Å²) in [5.74, 6) is -0.229. The number of benzene rings is 1. The van der Waals surface area contributed by atoms with Crippen LogP contribution in [-0.2, 0) is 12.0 Å². The van der Waals surface area contributed by atoms with Gasteiger partial charge in [0.15, 0.2) is 0 Å². The average molecular weight is 360 g/mol. The van der Waals surface area contributed by atoms with Crippen molar-refractivity contribution in [1.82, 2.24) is 15.3 Å². The lowest BCUT2D eigenvalue weighted by Crippen LogP contribution is -2.24. The van der Waals surface area contributed by atoms with Crippen molar-refractivity contribution in [1.29, 1.82) is 0 Å². The summed E-state index contributed by atoms with van der Waals surface area (Å²) in [6.45, 7) is 6.93. The van der Waals surface area contributed by atoms with Gasteiger partial charge in [-0.3, -0.25) is 14.8 Å². The molecule has 2 N–H and O–H groups in total. The van der Waals surface area contributed by atoms with Gasteiger partial charge in [0, 0.05) is 23.8 Å². The van der Waals surface area contributed by atoms with Crippen LogP contribution in [0.4, 0.5) is 11.4 Å². The molecule has 3 rings (SSSR count). The molecule has 1 aromatic carbocycles. The first-order valence-corrected chi connectivity index (χ1v) is 8.93. The fourth-order valence-electron chi connectivity index (χ4n) is 2.62. The van der Waals surface area contributed by atoms with Crippen LogP contribution in [0.2, 0.25) is 0 Å². The summed E-state index contributed by atoms with van der Waals surface area (Å²) in [7, 11) is 0. The molecule has 0 atom stereocenters. The molecule has 27 heavy (non-hydrogen) atoms. The molecule has 0 unspecified atom stereocenters. The van der Waals surface area contributed by atoms with Gasteiger partial charge in [-0.2, -0.15) is 0 Å². The first-order valence-electron chi connectivity index (χ1n) is 8.93. The van der Waals surface area contributed by atoms with Crippen LogP contribution < -0.4 is 10.6 Å². The van der Waals surface area contributed by atoms with Gasteiger partial charge in [0.2, 0.25) is 0 Å². The maximum atomic E-state index is 12.3. The van der Waals surface area contributed by atoms with Crippen molar-refractivity contribution in [2.75, 3.05) is 5.32 Å². The molecule has 5 heteroatoms. The van der Waals surface area contributed by atoms with Crippen molar-refractivity contribution < 1.29 is 4.79 Å². The van der Waals surface area contributed by atoms with Crippen molar-refractivity contribution in [3.05, 3.63) is 83.9 Å². The molecule has 0 saturated carbocycles. The molecule has 1 amide bonds. The Balaban J connectivity index is 1.65. The van der Waals surface area contributed by atoms with Gasteiger partial charge in [-0.1, -0.05) is 39.0 Å². The van der Waals surface area contributed by atoms with Gasteiger partial charge in [-0.15, -0.1) is 0 Å². The van der Waals surface area contributed by atoms with Crippen molar-refractivity contribution in [2.45, 2.75) is 32.7 Å². The van der Waals surface area contributed by atoms with Gasteiger partial charge in [-0.05, 0) is 47.4 Å². The second kappa shape index (κ2) is 7.99. The highest BCUT2D eigenvalue weighted by Gasteiger charge is 2.13. The van der Waals surface area contributed by atoms with Gasteiger partial charge >= 0.3 is 0 Å². The molecular formula is C22H24N4O. The molecular weight excluding hydrogens is 336 g/mol. The quantitative estimate of drug-likeness (QED) is 0.705. The van der Waals surface area contributed by atoms with E-state index in [-0.39, 0.29) is 11.3 Å². The SMILES string of the molecule is CC(C)(C)c1ccc(Nc2ccnc(C(=O)NCc3ccccn3)c2)cc1. The Hall–Kier alpha value is -3.21. The monoisotopic (exact) mass is 360 g/mol. The minimum absolute atomic E-state index is 0.119. The molecule has 3 aromatic rings. The predicted molar refractivity (Wildman–Crippen MR) is 108 cm³/mol. The number of carbonyl (C=O) groups excluding carboxylic acids is 1. The first kappa shape index (κ1) is 18.6. The maximum Gasteiger partial charge on any atom is 0.270 e. The Morgan fingerprint density at radius 3 is 2.37 bits per heavy atom. The molecule has 2 aromatic heterocycles. The highest BCUT2D eigenvalue weighted by molar-refractivity contribution is 5.93. The van der Waals surface area contributed by atoms with Gasteiger partial charge < -0.3 is 10.6 Å². The molecule has 0 aliphatic heterocycles. The normalized spacial score (nSPS) is 11.1. The second-order valence-corrected chi connectivity index (χ2v) is 7.39. The molecule has 0 aliphatic rings. The summed E-state index contributed by atoms with van der Waals surface area (Å²) in [6.07, 6.45) is 3.33. The van der Waals surface area contributed by atoms with Crippen molar-refractivity contribution in [3.63, 3.8) is 0 Å². The van der Waals surface area contributed by atoms with Gasteiger partial charge in [0.05, 0.1) is 12.2 Å². The molecule has 138 valence electrons. The Labute approximate surface area is 159 Å². The zero-order valence-corrected chi connectivity index (χ0v) is 15.9. The predicted octanol–water partition coefficient (Wildman–Crippen LogP) is 4.45. The summed E-state index contributed by atoms with van der Waals surface area (Å²) in [6, 6.07) is 17.5. The Kier molecular flexibility index (Phi) is 5.50. The van der Waals surface area contributed by atoms with E-state index in [0.717, 1.165) is 17.1 Å². The lowest BCUT2D eigenvalue weighted by molar-refractivity contribution is 0.0945. The minimum atomic E-state index is -0.229. The number of hydrogen-bond acceptors (Lipinski definition) is 4. The largest absolute Gasteiger partial charge is 0.355 e. The molecule has 0 bridgehead atoms. The molecule has 0 fully saturated rings. The average Bonchev–Trinajstić information content (AvgIpc) is 2.67. The first-order chi connectivity index (χ1) is 12.9. The van der Waals surface area contributed by atoms with Gasteiger partial charge in [-0.25, -0.2) is 0 Å². The van der Waals surface area contributed by atoms with Crippen LogP contribution in [-0.4, -0.2) is 15.9 Å². The summed E-state index contributed by atoms with van der Waals surface area (Å²) in [5, 5.41) is 6.16. The number of rotatable bonds is 5. The van der Waals surface area contributed by atoms with E-state index in [2.05, 4.69) is 53.5 Å².